The number of carbonyl (C=O) groups excluding carboxylic acids is 1. The Morgan fingerprint density at radius 2 is 2.09 bits per heavy atom. The summed E-state index contributed by atoms with van der Waals surface area (Å²) in [6.45, 7) is 6.39. The van der Waals surface area contributed by atoms with Crippen LogP contribution in [0.1, 0.15) is 38.2 Å². The fourth-order valence-corrected chi connectivity index (χ4v) is 2.95. The van der Waals surface area contributed by atoms with Crippen LogP contribution in [-0.2, 0) is 4.79 Å². The number of hydrogen-bond donors (Lipinski definition) is 1. The van der Waals surface area contributed by atoms with Gasteiger partial charge in [-0.15, -0.1) is 12.4 Å². The average molecular weight is 341 g/mol. The Kier molecular flexibility index (Phi) is 8.42. The van der Waals surface area contributed by atoms with Gasteiger partial charge in [0.15, 0.2) is 0 Å². The molecule has 0 radical (unpaired) electrons. The monoisotopic (exact) mass is 340 g/mol. The summed E-state index contributed by atoms with van der Waals surface area (Å²) in [4.78, 5) is 14.2. The van der Waals surface area contributed by atoms with E-state index in [4.69, 9.17) is 10.5 Å². The van der Waals surface area contributed by atoms with Crippen molar-refractivity contribution >= 4 is 18.3 Å². The van der Waals surface area contributed by atoms with Gasteiger partial charge in [-0.1, -0.05) is 12.1 Å². The fraction of sp³-hybridized carbons (Fsp3) is 0.611. The molecule has 23 heavy (non-hydrogen) atoms. The summed E-state index contributed by atoms with van der Waals surface area (Å²) in [6.07, 6.45) is 3.39. The van der Waals surface area contributed by atoms with Gasteiger partial charge in [0.05, 0.1) is 6.61 Å². The third kappa shape index (κ3) is 6.40. The van der Waals surface area contributed by atoms with Gasteiger partial charge in [-0.25, -0.2) is 0 Å². The van der Waals surface area contributed by atoms with E-state index in [-0.39, 0.29) is 24.4 Å². The fourth-order valence-electron chi connectivity index (χ4n) is 2.95. The maximum atomic E-state index is 12.2. The standard InChI is InChI=1S/C18H28N2O2.ClH/c1-14-5-3-6-17(13-14)22-12-4-7-18(21)20-10-8-16(9-11-20)15(2)19;/h3,5-6,13,15-16H,4,7-12,19H2,1-2H3;1H. The zero-order valence-electron chi connectivity index (χ0n) is 14.2. The SMILES string of the molecule is Cc1cccc(OCCCC(=O)N2CCC(C(C)N)CC2)c1.Cl. The van der Waals surface area contributed by atoms with Crippen LogP contribution in [0.4, 0.5) is 0 Å². The highest BCUT2D eigenvalue weighted by Crippen LogP contribution is 2.20. The second kappa shape index (κ2) is 9.78. The van der Waals surface area contributed by atoms with Crippen LogP contribution < -0.4 is 10.5 Å². The van der Waals surface area contributed by atoms with Crippen LogP contribution in [-0.4, -0.2) is 36.5 Å². The predicted octanol–water partition coefficient (Wildman–Crippen LogP) is 3.16. The molecule has 1 aliphatic rings. The van der Waals surface area contributed by atoms with Crippen molar-refractivity contribution in [2.24, 2.45) is 11.7 Å². The lowest BCUT2D eigenvalue weighted by atomic mass is 9.91. The van der Waals surface area contributed by atoms with Crippen LogP contribution in [0.5, 0.6) is 5.75 Å². The number of nitrogens with two attached hydrogens (primary N) is 1. The summed E-state index contributed by atoms with van der Waals surface area (Å²) >= 11 is 0. The van der Waals surface area contributed by atoms with Crippen LogP contribution >= 0.6 is 12.4 Å². The topological polar surface area (TPSA) is 55.6 Å². The van der Waals surface area contributed by atoms with Gasteiger partial charge in [0.25, 0.3) is 0 Å². The van der Waals surface area contributed by atoms with Crippen molar-refractivity contribution in [3.05, 3.63) is 29.8 Å². The van der Waals surface area contributed by atoms with Crippen molar-refractivity contribution in [1.29, 1.82) is 0 Å². The highest BCUT2D eigenvalue weighted by Gasteiger charge is 2.24. The van der Waals surface area contributed by atoms with E-state index >= 15 is 0 Å². The number of nitrogens with zero attached hydrogens (tertiary/aromatic N) is 1. The Balaban J connectivity index is 0.00000264. The molecule has 1 aliphatic heterocycles. The third-order valence-electron chi connectivity index (χ3n) is 4.43. The number of rotatable bonds is 6. The molecule has 1 heterocycles. The molecule has 1 unspecified atom stereocenters. The quantitative estimate of drug-likeness (QED) is 0.809. The van der Waals surface area contributed by atoms with Crippen LogP contribution in [0.3, 0.4) is 0 Å². The smallest absolute Gasteiger partial charge is 0.222 e. The second-order valence-electron chi connectivity index (χ2n) is 6.35. The van der Waals surface area contributed by atoms with Crippen LogP contribution in [0.15, 0.2) is 24.3 Å². The lowest BCUT2D eigenvalue weighted by Gasteiger charge is -2.33. The summed E-state index contributed by atoms with van der Waals surface area (Å²) in [5.41, 5.74) is 7.12. The Bertz CT molecular complexity index is 486. The van der Waals surface area contributed by atoms with E-state index in [0.29, 0.717) is 18.9 Å². The molecular weight excluding hydrogens is 312 g/mol. The predicted molar refractivity (Wildman–Crippen MR) is 96.1 cm³/mol. The van der Waals surface area contributed by atoms with Crippen molar-refractivity contribution < 1.29 is 9.53 Å². The number of piperidine rings is 1. The molecule has 5 heteroatoms. The lowest BCUT2D eigenvalue weighted by molar-refractivity contribution is -0.132. The Labute approximate surface area is 145 Å². The molecule has 130 valence electrons. The summed E-state index contributed by atoms with van der Waals surface area (Å²) in [5.74, 6) is 1.69. The lowest BCUT2D eigenvalue weighted by Crippen LogP contribution is -2.42. The van der Waals surface area contributed by atoms with Crippen LogP contribution in [0, 0.1) is 12.8 Å². The van der Waals surface area contributed by atoms with E-state index in [9.17, 15) is 4.79 Å². The van der Waals surface area contributed by atoms with Crippen LogP contribution in [0.25, 0.3) is 0 Å². The van der Waals surface area contributed by atoms with Crippen molar-refractivity contribution in [3.8, 4) is 5.75 Å². The first-order valence-corrected chi connectivity index (χ1v) is 8.29. The van der Waals surface area contributed by atoms with Gasteiger partial charge in [0.2, 0.25) is 5.91 Å². The molecule has 2 N–H and O–H groups in total. The third-order valence-corrected chi connectivity index (χ3v) is 4.43. The zero-order valence-corrected chi connectivity index (χ0v) is 15.0. The first kappa shape index (κ1) is 19.8. The number of benzene rings is 1. The molecule has 1 atom stereocenters. The van der Waals surface area contributed by atoms with E-state index in [2.05, 4.69) is 6.92 Å². The maximum absolute atomic E-state index is 12.2. The van der Waals surface area contributed by atoms with E-state index in [1.807, 2.05) is 36.1 Å². The minimum Gasteiger partial charge on any atom is -0.494 e. The Morgan fingerprint density at radius 3 is 2.70 bits per heavy atom. The summed E-state index contributed by atoms with van der Waals surface area (Å²) < 4.78 is 5.69. The summed E-state index contributed by atoms with van der Waals surface area (Å²) in [5, 5.41) is 0. The molecule has 1 aromatic rings. The van der Waals surface area contributed by atoms with Gasteiger partial charge in [0.1, 0.15) is 5.75 Å². The molecule has 1 aromatic carbocycles. The van der Waals surface area contributed by atoms with Gasteiger partial charge in [0, 0.05) is 25.6 Å². The van der Waals surface area contributed by atoms with Crippen LogP contribution in [0.2, 0.25) is 0 Å². The number of likely N-dealkylation sites (tertiary alicyclic amines) is 1. The molecule has 0 saturated carbocycles. The van der Waals surface area contributed by atoms with Crippen molar-refractivity contribution in [2.75, 3.05) is 19.7 Å². The highest BCUT2D eigenvalue weighted by molar-refractivity contribution is 5.85. The number of ether oxygens (including phenoxy) is 1. The largest absolute Gasteiger partial charge is 0.494 e. The molecule has 0 bridgehead atoms. The number of hydrogen-bond acceptors (Lipinski definition) is 3. The maximum Gasteiger partial charge on any atom is 0.222 e. The van der Waals surface area contributed by atoms with E-state index in [0.717, 1.165) is 38.1 Å². The molecular formula is C18H29ClN2O2. The molecule has 1 fully saturated rings. The van der Waals surface area contributed by atoms with Gasteiger partial charge >= 0.3 is 0 Å². The molecule has 4 nitrogen and oxygen atoms in total. The van der Waals surface area contributed by atoms with E-state index in [1.165, 1.54) is 5.56 Å². The first-order valence-electron chi connectivity index (χ1n) is 8.29. The molecule has 0 aromatic heterocycles. The van der Waals surface area contributed by atoms with E-state index < -0.39 is 0 Å². The number of amides is 1. The molecule has 1 amide bonds. The van der Waals surface area contributed by atoms with Crippen molar-refractivity contribution in [3.63, 3.8) is 0 Å². The van der Waals surface area contributed by atoms with Gasteiger partial charge in [-0.3, -0.25) is 4.79 Å². The number of aryl methyl sites for hydroxylation is 1. The van der Waals surface area contributed by atoms with Crippen molar-refractivity contribution in [2.45, 2.75) is 45.6 Å². The van der Waals surface area contributed by atoms with Crippen molar-refractivity contribution in [1.82, 2.24) is 4.90 Å². The average Bonchev–Trinajstić information content (AvgIpc) is 2.51. The number of halogens is 1. The molecule has 1 saturated heterocycles. The Morgan fingerprint density at radius 1 is 1.39 bits per heavy atom. The molecule has 0 spiro atoms. The minimum atomic E-state index is 0. The van der Waals surface area contributed by atoms with Gasteiger partial charge < -0.3 is 15.4 Å². The number of carbonyl (C=O) groups is 1. The van der Waals surface area contributed by atoms with Gasteiger partial charge in [-0.2, -0.15) is 0 Å². The zero-order chi connectivity index (χ0) is 15.9. The summed E-state index contributed by atoms with van der Waals surface area (Å²) in [7, 11) is 0. The highest BCUT2D eigenvalue weighted by atomic mass is 35.5. The minimum absolute atomic E-state index is 0. The molecule has 2 rings (SSSR count). The Hall–Kier alpha value is -1.26. The van der Waals surface area contributed by atoms with E-state index in [1.54, 1.807) is 0 Å². The second-order valence-corrected chi connectivity index (χ2v) is 6.35. The first-order chi connectivity index (χ1) is 10.6. The van der Waals surface area contributed by atoms with Gasteiger partial charge in [-0.05, 0) is 56.7 Å². The normalized spacial score (nSPS) is 16.6. The molecule has 0 aliphatic carbocycles. The summed E-state index contributed by atoms with van der Waals surface area (Å²) in [6, 6.07) is 8.23.